The van der Waals surface area contributed by atoms with Gasteiger partial charge in [-0.05, 0) is 89.0 Å². The Balaban J connectivity index is 1.17. The maximum Gasteiger partial charge on any atom is 0.145 e. The summed E-state index contributed by atoms with van der Waals surface area (Å²) in [5, 5.41) is 6.36. The molecule has 12 rings (SSSR count). The smallest absolute Gasteiger partial charge is 0.145 e. The zero-order valence-electron chi connectivity index (χ0n) is 31.2. The average Bonchev–Trinajstić information content (AvgIpc) is 3.99. The summed E-state index contributed by atoms with van der Waals surface area (Å²) in [4.78, 5) is 2.36. The second kappa shape index (κ2) is 12.9. The Hall–Kier alpha value is -7.82. The molecule has 4 heteroatoms. The lowest BCUT2D eigenvalue weighted by atomic mass is 9.94. The van der Waals surface area contributed by atoms with E-state index < -0.39 is 0 Å². The number of hydrogen-bond donors (Lipinski definition) is 0. The first kappa shape index (κ1) is 32.4. The van der Waals surface area contributed by atoms with Gasteiger partial charge in [-0.15, -0.1) is 0 Å². The monoisotopic (exact) mass is 743 g/mol. The van der Waals surface area contributed by atoms with Crippen LogP contribution in [-0.2, 0) is 0 Å². The topological polar surface area (TPSA) is 42.7 Å². The van der Waals surface area contributed by atoms with Gasteiger partial charge in [-0.1, -0.05) is 133 Å². The van der Waals surface area contributed by atoms with E-state index in [9.17, 15) is 0 Å². The van der Waals surface area contributed by atoms with Gasteiger partial charge in [-0.2, -0.15) is 0 Å². The van der Waals surface area contributed by atoms with E-state index in [1.165, 1.54) is 0 Å². The predicted molar refractivity (Wildman–Crippen MR) is 239 cm³/mol. The van der Waals surface area contributed by atoms with Crippen molar-refractivity contribution in [3.8, 4) is 33.4 Å². The number of furan rings is 3. The zero-order chi connectivity index (χ0) is 38.2. The van der Waals surface area contributed by atoms with Crippen molar-refractivity contribution in [3.05, 3.63) is 200 Å². The maximum atomic E-state index is 6.88. The number of para-hydroxylation sites is 2. The first-order valence-electron chi connectivity index (χ1n) is 19.6. The van der Waals surface area contributed by atoms with Gasteiger partial charge < -0.3 is 18.2 Å². The SMILES string of the molecule is c1ccc(-c2ccc(-c3ccccc3)c3c2oc2ccc(N(c4ccc5oc6ccccc6c5c4)c4ccc(-c5ccccc5)c5oc6ccccc6c45)cc23)cc1. The number of fused-ring (bicyclic) bond motifs is 9. The van der Waals surface area contributed by atoms with Crippen LogP contribution in [0.4, 0.5) is 17.1 Å². The molecule has 9 aromatic carbocycles. The molecule has 0 unspecified atom stereocenters. The number of rotatable bonds is 6. The van der Waals surface area contributed by atoms with E-state index in [4.69, 9.17) is 13.3 Å². The molecule has 0 atom stereocenters. The Bertz CT molecular complexity index is 3500. The molecule has 0 aliphatic rings. The van der Waals surface area contributed by atoms with Crippen LogP contribution in [0.5, 0.6) is 0 Å². The van der Waals surface area contributed by atoms with Crippen molar-refractivity contribution >= 4 is 82.9 Å². The molecule has 0 aliphatic heterocycles. The number of anilines is 3. The zero-order valence-corrected chi connectivity index (χ0v) is 31.2. The molecule has 0 spiro atoms. The van der Waals surface area contributed by atoms with Gasteiger partial charge >= 0.3 is 0 Å². The first-order valence-corrected chi connectivity index (χ1v) is 19.6. The van der Waals surface area contributed by atoms with E-state index in [1.54, 1.807) is 0 Å². The molecule has 0 radical (unpaired) electrons. The van der Waals surface area contributed by atoms with Gasteiger partial charge in [-0.3, -0.25) is 0 Å². The van der Waals surface area contributed by atoms with E-state index in [2.05, 4.69) is 181 Å². The van der Waals surface area contributed by atoms with Crippen LogP contribution in [-0.4, -0.2) is 0 Å². The van der Waals surface area contributed by atoms with E-state index in [1.807, 2.05) is 24.3 Å². The molecule has 0 saturated carbocycles. The standard InChI is InChI=1S/C54H33NO3/c1-4-14-34(15-5-1)39-26-27-40(35-16-6-2-7-17-35)53-51(39)45-33-38(25-31-50(45)58-53)55(37-24-30-49-44(32-37)42-20-10-12-22-47(42)56-49)46-29-28-41(36-18-8-3-9-19-36)54-52(46)43-21-11-13-23-48(43)57-54/h1-33H. The third-order valence-electron chi connectivity index (χ3n) is 11.5. The van der Waals surface area contributed by atoms with E-state index >= 15 is 0 Å². The average molecular weight is 744 g/mol. The molecule has 0 saturated heterocycles. The van der Waals surface area contributed by atoms with E-state index in [0.29, 0.717) is 0 Å². The van der Waals surface area contributed by atoms with Crippen LogP contribution in [0.15, 0.2) is 213 Å². The lowest BCUT2D eigenvalue weighted by molar-refractivity contribution is 0.668. The predicted octanol–water partition coefficient (Wildman–Crippen LogP) is 15.9. The van der Waals surface area contributed by atoms with Gasteiger partial charge in [0.05, 0.1) is 11.1 Å². The normalized spacial score (nSPS) is 11.8. The first-order chi connectivity index (χ1) is 28.8. The highest BCUT2D eigenvalue weighted by atomic mass is 16.3. The van der Waals surface area contributed by atoms with Crippen molar-refractivity contribution in [2.45, 2.75) is 0 Å². The summed E-state index contributed by atoms with van der Waals surface area (Å²) in [7, 11) is 0. The Labute approximate surface area is 333 Å². The minimum absolute atomic E-state index is 0.828. The second-order valence-electron chi connectivity index (χ2n) is 14.8. The lowest BCUT2D eigenvalue weighted by Crippen LogP contribution is -2.10. The van der Waals surface area contributed by atoms with E-state index in [0.717, 1.165) is 116 Å². The molecule has 12 aromatic rings. The molecule has 3 aromatic heterocycles. The van der Waals surface area contributed by atoms with Crippen LogP contribution in [0.2, 0.25) is 0 Å². The van der Waals surface area contributed by atoms with Crippen LogP contribution >= 0.6 is 0 Å². The Morgan fingerprint density at radius 3 is 1.38 bits per heavy atom. The lowest BCUT2D eigenvalue weighted by Gasteiger charge is -2.27. The van der Waals surface area contributed by atoms with Gasteiger partial charge in [-0.25, -0.2) is 0 Å². The van der Waals surface area contributed by atoms with Crippen LogP contribution in [0, 0.1) is 0 Å². The highest BCUT2D eigenvalue weighted by Crippen LogP contribution is 2.49. The number of hydrogen-bond acceptors (Lipinski definition) is 4. The molecule has 58 heavy (non-hydrogen) atoms. The van der Waals surface area contributed by atoms with Gasteiger partial charge in [0.1, 0.15) is 33.5 Å². The highest BCUT2D eigenvalue weighted by molar-refractivity contribution is 6.20. The number of benzene rings is 9. The van der Waals surface area contributed by atoms with Crippen LogP contribution in [0.3, 0.4) is 0 Å². The van der Waals surface area contributed by atoms with Crippen LogP contribution in [0.1, 0.15) is 0 Å². The minimum atomic E-state index is 0.828. The van der Waals surface area contributed by atoms with Crippen molar-refractivity contribution in [1.29, 1.82) is 0 Å². The Morgan fingerprint density at radius 2 is 0.741 bits per heavy atom. The van der Waals surface area contributed by atoms with Crippen LogP contribution in [0.25, 0.3) is 99.2 Å². The Morgan fingerprint density at radius 1 is 0.293 bits per heavy atom. The molecular formula is C54H33NO3. The quantitative estimate of drug-likeness (QED) is 0.170. The van der Waals surface area contributed by atoms with Gasteiger partial charge in [0.2, 0.25) is 0 Å². The fraction of sp³-hybridized carbons (Fsp3) is 0. The third kappa shape index (κ3) is 5.02. The van der Waals surface area contributed by atoms with Crippen LogP contribution < -0.4 is 4.90 Å². The van der Waals surface area contributed by atoms with E-state index in [-0.39, 0.29) is 0 Å². The second-order valence-corrected chi connectivity index (χ2v) is 14.8. The molecule has 0 bridgehead atoms. The van der Waals surface area contributed by atoms with Crippen molar-refractivity contribution in [2.24, 2.45) is 0 Å². The molecule has 4 nitrogen and oxygen atoms in total. The largest absolute Gasteiger partial charge is 0.456 e. The van der Waals surface area contributed by atoms with Gasteiger partial charge in [0.15, 0.2) is 0 Å². The molecule has 272 valence electrons. The van der Waals surface area contributed by atoms with Crippen molar-refractivity contribution in [2.75, 3.05) is 4.90 Å². The Kier molecular flexibility index (Phi) is 7.20. The summed E-state index contributed by atoms with van der Waals surface area (Å²) in [6.45, 7) is 0. The minimum Gasteiger partial charge on any atom is -0.456 e. The third-order valence-corrected chi connectivity index (χ3v) is 11.5. The maximum absolute atomic E-state index is 6.88. The summed E-state index contributed by atoms with van der Waals surface area (Å²) < 4.78 is 20.0. The summed E-state index contributed by atoms with van der Waals surface area (Å²) in [6.07, 6.45) is 0. The highest BCUT2D eigenvalue weighted by Gasteiger charge is 2.25. The molecule has 0 amide bonds. The summed E-state index contributed by atoms with van der Waals surface area (Å²) in [5.74, 6) is 0. The van der Waals surface area contributed by atoms with Gasteiger partial charge in [0, 0.05) is 49.4 Å². The molecule has 0 N–H and O–H groups in total. The molecule has 0 aliphatic carbocycles. The van der Waals surface area contributed by atoms with Crippen molar-refractivity contribution < 1.29 is 13.3 Å². The fourth-order valence-corrected chi connectivity index (χ4v) is 8.83. The van der Waals surface area contributed by atoms with Gasteiger partial charge in [0.25, 0.3) is 0 Å². The molecule has 0 fully saturated rings. The van der Waals surface area contributed by atoms with Crippen molar-refractivity contribution in [3.63, 3.8) is 0 Å². The number of nitrogens with zero attached hydrogens (tertiary/aromatic N) is 1. The van der Waals surface area contributed by atoms with Crippen molar-refractivity contribution in [1.82, 2.24) is 0 Å². The molecular weight excluding hydrogens is 711 g/mol. The fourth-order valence-electron chi connectivity index (χ4n) is 8.83. The molecule has 3 heterocycles. The summed E-state index contributed by atoms with van der Waals surface area (Å²) in [6, 6.07) is 70.1. The summed E-state index contributed by atoms with van der Waals surface area (Å²) >= 11 is 0. The summed E-state index contributed by atoms with van der Waals surface area (Å²) in [5.41, 5.74) is 14.7.